The standard InChI is InChI=1S/C19H20FNO2/c1-23-19(22)18-13-21(11-14-6-3-2-4-7-14)12-17(18)15-8-5-9-16(20)10-15/h2-10,17-18H,11-13H2,1H3/t17-,18-/m1/s1. The van der Waals surface area contributed by atoms with Crippen LogP contribution < -0.4 is 0 Å². The van der Waals surface area contributed by atoms with Crippen LogP contribution in [0.5, 0.6) is 0 Å². The van der Waals surface area contributed by atoms with Crippen LogP contribution in [-0.2, 0) is 16.1 Å². The second-order valence-electron chi connectivity index (χ2n) is 5.97. The monoisotopic (exact) mass is 313 g/mol. The van der Waals surface area contributed by atoms with Crippen molar-refractivity contribution in [1.29, 1.82) is 0 Å². The molecule has 0 aliphatic carbocycles. The van der Waals surface area contributed by atoms with Gasteiger partial charge in [0.25, 0.3) is 0 Å². The van der Waals surface area contributed by atoms with E-state index in [9.17, 15) is 9.18 Å². The minimum absolute atomic E-state index is 0.0399. The molecule has 2 aromatic carbocycles. The minimum Gasteiger partial charge on any atom is -0.469 e. The molecule has 1 aliphatic rings. The topological polar surface area (TPSA) is 29.5 Å². The summed E-state index contributed by atoms with van der Waals surface area (Å²) in [4.78, 5) is 14.4. The van der Waals surface area contributed by atoms with Crippen LogP contribution in [0.2, 0.25) is 0 Å². The molecule has 1 aliphatic heterocycles. The molecule has 3 nitrogen and oxygen atoms in total. The molecule has 0 bridgehead atoms. The van der Waals surface area contributed by atoms with Gasteiger partial charge < -0.3 is 4.74 Å². The average molecular weight is 313 g/mol. The lowest BCUT2D eigenvalue weighted by Gasteiger charge is -2.16. The molecule has 0 amide bonds. The van der Waals surface area contributed by atoms with Crippen LogP contribution in [-0.4, -0.2) is 31.1 Å². The van der Waals surface area contributed by atoms with Crippen LogP contribution in [0.15, 0.2) is 54.6 Å². The molecular weight excluding hydrogens is 293 g/mol. The van der Waals surface area contributed by atoms with Crippen molar-refractivity contribution in [2.75, 3.05) is 20.2 Å². The van der Waals surface area contributed by atoms with Gasteiger partial charge in [0, 0.05) is 25.6 Å². The third-order valence-corrected chi connectivity index (χ3v) is 4.43. The Bertz CT molecular complexity index is 674. The van der Waals surface area contributed by atoms with E-state index in [1.807, 2.05) is 24.3 Å². The van der Waals surface area contributed by atoms with Gasteiger partial charge in [0.15, 0.2) is 0 Å². The fraction of sp³-hybridized carbons (Fsp3) is 0.316. The molecule has 0 spiro atoms. The zero-order chi connectivity index (χ0) is 16.2. The summed E-state index contributed by atoms with van der Waals surface area (Å²) < 4.78 is 18.5. The first-order valence-corrected chi connectivity index (χ1v) is 7.77. The molecule has 1 fully saturated rings. The lowest BCUT2D eigenvalue weighted by atomic mass is 9.89. The van der Waals surface area contributed by atoms with Crippen molar-refractivity contribution in [2.45, 2.75) is 12.5 Å². The first-order chi connectivity index (χ1) is 11.2. The van der Waals surface area contributed by atoms with Crippen molar-refractivity contribution in [3.05, 3.63) is 71.5 Å². The van der Waals surface area contributed by atoms with E-state index in [-0.39, 0.29) is 23.6 Å². The number of likely N-dealkylation sites (tertiary alicyclic amines) is 1. The van der Waals surface area contributed by atoms with Gasteiger partial charge in [0.2, 0.25) is 0 Å². The van der Waals surface area contributed by atoms with Crippen molar-refractivity contribution in [2.24, 2.45) is 5.92 Å². The van der Waals surface area contributed by atoms with E-state index in [0.717, 1.165) is 18.7 Å². The van der Waals surface area contributed by atoms with Crippen molar-refractivity contribution >= 4 is 5.97 Å². The molecule has 1 saturated heterocycles. The normalized spacial score (nSPS) is 21.3. The van der Waals surface area contributed by atoms with Gasteiger partial charge in [0.1, 0.15) is 5.82 Å². The van der Waals surface area contributed by atoms with Crippen molar-refractivity contribution < 1.29 is 13.9 Å². The predicted octanol–water partition coefficient (Wildman–Crippen LogP) is 3.21. The summed E-state index contributed by atoms with van der Waals surface area (Å²) >= 11 is 0. The van der Waals surface area contributed by atoms with E-state index >= 15 is 0 Å². The largest absolute Gasteiger partial charge is 0.469 e. The number of esters is 1. The first kappa shape index (κ1) is 15.7. The maximum absolute atomic E-state index is 13.5. The summed E-state index contributed by atoms with van der Waals surface area (Å²) in [5, 5.41) is 0. The molecular formula is C19H20FNO2. The Balaban J connectivity index is 1.81. The smallest absolute Gasteiger partial charge is 0.310 e. The number of carbonyl (C=O) groups excluding carboxylic acids is 1. The van der Waals surface area contributed by atoms with E-state index in [1.165, 1.54) is 24.8 Å². The number of halogens is 1. The second kappa shape index (κ2) is 6.92. The molecule has 1 heterocycles. The number of hydrogen-bond acceptors (Lipinski definition) is 3. The number of nitrogens with zero attached hydrogens (tertiary/aromatic N) is 1. The Labute approximate surface area is 135 Å². The van der Waals surface area contributed by atoms with E-state index in [2.05, 4.69) is 17.0 Å². The number of methoxy groups -OCH3 is 1. The van der Waals surface area contributed by atoms with Gasteiger partial charge in [-0.05, 0) is 23.3 Å². The minimum atomic E-state index is -0.271. The lowest BCUT2D eigenvalue weighted by Crippen LogP contribution is -2.24. The Hall–Kier alpha value is -2.20. The fourth-order valence-corrected chi connectivity index (χ4v) is 3.32. The van der Waals surface area contributed by atoms with E-state index in [0.29, 0.717) is 6.54 Å². The molecule has 2 aromatic rings. The van der Waals surface area contributed by atoms with Crippen LogP contribution in [0, 0.1) is 11.7 Å². The van der Waals surface area contributed by atoms with E-state index in [1.54, 1.807) is 6.07 Å². The fourth-order valence-electron chi connectivity index (χ4n) is 3.32. The summed E-state index contributed by atoms with van der Waals surface area (Å²) in [7, 11) is 1.41. The van der Waals surface area contributed by atoms with Gasteiger partial charge in [-0.2, -0.15) is 0 Å². The predicted molar refractivity (Wildman–Crippen MR) is 86.4 cm³/mol. The Morgan fingerprint density at radius 3 is 2.65 bits per heavy atom. The summed E-state index contributed by atoms with van der Waals surface area (Å²) in [5.74, 6) is -0.796. The summed E-state index contributed by atoms with van der Waals surface area (Å²) in [6.07, 6.45) is 0. The quantitative estimate of drug-likeness (QED) is 0.812. The van der Waals surface area contributed by atoms with Gasteiger partial charge in [-0.15, -0.1) is 0 Å². The molecule has 0 N–H and O–H groups in total. The molecule has 0 unspecified atom stereocenters. The SMILES string of the molecule is COC(=O)[C@@H]1CN(Cc2ccccc2)C[C@@H]1c1cccc(F)c1. The zero-order valence-corrected chi connectivity index (χ0v) is 13.1. The van der Waals surface area contributed by atoms with Gasteiger partial charge >= 0.3 is 5.97 Å². The second-order valence-corrected chi connectivity index (χ2v) is 5.97. The molecule has 4 heteroatoms. The van der Waals surface area contributed by atoms with Gasteiger partial charge in [-0.3, -0.25) is 9.69 Å². The Morgan fingerprint density at radius 1 is 1.17 bits per heavy atom. The molecule has 0 radical (unpaired) electrons. The third kappa shape index (κ3) is 3.59. The highest BCUT2D eigenvalue weighted by atomic mass is 19.1. The van der Waals surface area contributed by atoms with Gasteiger partial charge in [-0.25, -0.2) is 4.39 Å². The van der Waals surface area contributed by atoms with Crippen molar-refractivity contribution in [3.63, 3.8) is 0 Å². The summed E-state index contributed by atoms with van der Waals surface area (Å²) in [6.45, 7) is 2.13. The third-order valence-electron chi connectivity index (χ3n) is 4.43. The van der Waals surface area contributed by atoms with Gasteiger partial charge in [0.05, 0.1) is 13.0 Å². The highest BCUT2D eigenvalue weighted by Crippen LogP contribution is 2.34. The number of ether oxygens (including phenoxy) is 1. The van der Waals surface area contributed by atoms with Crippen LogP contribution >= 0.6 is 0 Å². The van der Waals surface area contributed by atoms with E-state index in [4.69, 9.17) is 4.74 Å². The summed E-state index contributed by atoms with van der Waals surface area (Å²) in [5.41, 5.74) is 2.06. The average Bonchev–Trinajstić information content (AvgIpc) is 2.99. The molecule has 2 atom stereocenters. The van der Waals surface area contributed by atoms with Crippen molar-refractivity contribution in [1.82, 2.24) is 4.90 Å². The first-order valence-electron chi connectivity index (χ1n) is 7.77. The lowest BCUT2D eigenvalue weighted by molar-refractivity contribution is -0.145. The summed E-state index contributed by atoms with van der Waals surface area (Å²) in [6, 6.07) is 16.7. The molecule has 0 saturated carbocycles. The van der Waals surface area contributed by atoms with E-state index < -0.39 is 0 Å². The van der Waals surface area contributed by atoms with Crippen LogP contribution in [0.4, 0.5) is 4.39 Å². The molecule has 23 heavy (non-hydrogen) atoms. The zero-order valence-electron chi connectivity index (χ0n) is 13.1. The number of hydrogen-bond donors (Lipinski definition) is 0. The number of rotatable bonds is 4. The van der Waals surface area contributed by atoms with Gasteiger partial charge in [-0.1, -0.05) is 42.5 Å². The maximum atomic E-state index is 13.5. The highest BCUT2D eigenvalue weighted by Gasteiger charge is 2.39. The Morgan fingerprint density at radius 2 is 1.96 bits per heavy atom. The highest BCUT2D eigenvalue weighted by molar-refractivity contribution is 5.74. The Kier molecular flexibility index (Phi) is 4.72. The number of carbonyl (C=O) groups is 1. The number of benzene rings is 2. The molecule has 3 rings (SSSR count). The van der Waals surface area contributed by atoms with Crippen LogP contribution in [0.1, 0.15) is 17.0 Å². The molecule has 120 valence electrons. The van der Waals surface area contributed by atoms with Crippen LogP contribution in [0.3, 0.4) is 0 Å². The maximum Gasteiger partial charge on any atom is 0.310 e. The van der Waals surface area contributed by atoms with Crippen molar-refractivity contribution in [3.8, 4) is 0 Å². The van der Waals surface area contributed by atoms with Crippen LogP contribution in [0.25, 0.3) is 0 Å². The molecule has 0 aromatic heterocycles.